The summed E-state index contributed by atoms with van der Waals surface area (Å²) in [6.07, 6.45) is 1.75. The van der Waals surface area contributed by atoms with Crippen LogP contribution in [-0.2, 0) is 0 Å². The first kappa shape index (κ1) is 9.82. The molecule has 0 fully saturated rings. The first-order valence-electron chi connectivity index (χ1n) is 3.83. The highest BCUT2D eigenvalue weighted by Gasteiger charge is 2.03. The number of nitriles is 1. The molecule has 0 aromatic heterocycles. The monoisotopic (exact) mass is 236 g/mol. The Morgan fingerprint density at radius 2 is 2.38 bits per heavy atom. The van der Waals surface area contributed by atoms with E-state index in [2.05, 4.69) is 33.9 Å². The Balaban J connectivity index is 3.00. The minimum Gasteiger partial charge on any atom is -0.380 e. The van der Waals surface area contributed by atoms with Crippen molar-refractivity contribution in [1.82, 2.24) is 0 Å². The van der Waals surface area contributed by atoms with Crippen LogP contribution in [0.15, 0.2) is 35.3 Å². The molecule has 13 heavy (non-hydrogen) atoms. The largest absolute Gasteiger partial charge is 0.380 e. The molecule has 1 rings (SSSR count). The van der Waals surface area contributed by atoms with Gasteiger partial charge in [-0.25, -0.2) is 0 Å². The van der Waals surface area contributed by atoms with Crippen molar-refractivity contribution >= 4 is 21.6 Å². The van der Waals surface area contributed by atoms with Gasteiger partial charge in [0.15, 0.2) is 0 Å². The molecule has 0 heterocycles. The third-order valence-electron chi connectivity index (χ3n) is 1.56. The molecule has 1 aromatic rings. The van der Waals surface area contributed by atoms with Crippen molar-refractivity contribution in [2.45, 2.75) is 0 Å². The number of halogens is 1. The first-order valence-corrected chi connectivity index (χ1v) is 4.62. The summed E-state index contributed by atoms with van der Waals surface area (Å²) in [6, 6.07) is 7.73. The lowest BCUT2D eigenvalue weighted by atomic mass is 10.2. The van der Waals surface area contributed by atoms with E-state index >= 15 is 0 Å². The quantitative estimate of drug-likeness (QED) is 0.820. The first-order chi connectivity index (χ1) is 6.29. The molecule has 0 amide bonds. The van der Waals surface area contributed by atoms with Crippen LogP contribution in [0.5, 0.6) is 0 Å². The van der Waals surface area contributed by atoms with Crippen molar-refractivity contribution in [1.29, 1.82) is 5.26 Å². The summed E-state index contributed by atoms with van der Waals surface area (Å²) in [5.41, 5.74) is 1.46. The summed E-state index contributed by atoms with van der Waals surface area (Å²) in [5.74, 6) is 0. The van der Waals surface area contributed by atoms with Gasteiger partial charge in [0.25, 0.3) is 0 Å². The topological polar surface area (TPSA) is 35.8 Å². The van der Waals surface area contributed by atoms with Gasteiger partial charge in [0.05, 0.1) is 11.3 Å². The van der Waals surface area contributed by atoms with E-state index in [4.69, 9.17) is 5.26 Å². The van der Waals surface area contributed by atoms with E-state index in [1.54, 1.807) is 6.08 Å². The lowest BCUT2D eigenvalue weighted by Crippen LogP contribution is -2.00. The average molecular weight is 237 g/mol. The molecule has 1 aromatic carbocycles. The molecule has 0 unspecified atom stereocenters. The average Bonchev–Trinajstić information content (AvgIpc) is 2.15. The van der Waals surface area contributed by atoms with Gasteiger partial charge in [0.1, 0.15) is 6.07 Å². The van der Waals surface area contributed by atoms with Crippen LogP contribution in [0.4, 0.5) is 5.69 Å². The molecule has 0 radical (unpaired) electrons. The fourth-order valence-corrected chi connectivity index (χ4v) is 1.42. The van der Waals surface area contributed by atoms with Crippen LogP contribution in [0.2, 0.25) is 0 Å². The van der Waals surface area contributed by atoms with E-state index in [-0.39, 0.29) is 0 Å². The molecule has 0 saturated carbocycles. The number of anilines is 1. The van der Waals surface area contributed by atoms with Crippen molar-refractivity contribution in [2.24, 2.45) is 0 Å². The van der Waals surface area contributed by atoms with Crippen molar-refractivity contribution in [3.05, 3.63) is 40.9 Å². The summed E-state index contributed by atoms with van der Waals surface area (Å²) >= 11 is 3.31. The van der Waals surface area contributed by atoms with Crippen LogP contribution in [0.1, 0.15) is 5.56 Å². The highest BCUT2D eigenvalue weighted by atomic mass is 79.9. The van der Waals surface area contributed by atoms with Crippen LogP contribution in [0, 0.1) is 11.3 Å². The van der Waals surface area contributed by atoms with E-state index in [1.807, 2.05) is 18.2 Å². The Morgan fingerprint density at radius 3 is 3.00 bits per heavy atom. The van der Waals surface area contributed by atoms with Gasteiger partial charge in [-0.2, -0.15) is 5.26 Å². The highest BCUT2D eigenvalue weighted by Crippen LogP contribution is 2.23. The maximum absolute atomic E-state index is 8.85. The molecule has 0 aliphatic heterocycles. The number of rotatable bonds is 3. The number of nitrogens with one attached hydrogen (secondary N) is 1. The molecule has 1 N–H and O–H groups in total. The lowest BCUT2D eigenvalue weighted by molar-refractivity contribution is 1.32. The van der Waals surface area contributed by atoms with Crippen molar-refractivity contribution < 1.29 is 0 Å². The van der Waals surface area contributed by atoms with Crippen LogP contribution < -0.4 is 5.32 Å². The van der Waals surface area contributed by atoms with Gasteiger partial charge < -0.3 is 5.32 Å². The van der Waals surface area contributed by atoms with E-state index in [9.17, 15) is 0 Å². The number of hydrogen-bond acceptors (Lipinski definition) is 2. The third-order valence-corrected chi connectivity index (χ3v) is 2.22. The Labute approximate surface area is 86.0 Å². The van der Waals surface area contributed by atoms with Gasteiger partial charge in [-0.3, -0.25) is 0 Å². The molecule has 3 heteroatoms. The Hall–Kier alpha value is -1.27. The summed E-state index contributed by atoms with van der Waals surface area (Å²) < 4.78 is 0.809. The van der Waals surface area contributed by atoms with Crippen molar-refractivity contribution in [3.63, 3.8) is 0 Å². The second-order valence-electron chi connectivity index (χ2n) is 2.44. The fourth-order valence-electron chi connectivity index (χ4n) is 0.967. The smallest absolute Gasteiger partial charge is 0.103 e. The van der Waals surface area contributed by atoms with Gasteiger partial charge in [-0.05, 0) is 28.1 Å². The van der Waals surface area contributed by atoms with E-state index in [1.165, 1.54) is 0 Å². The van der Waals surface area contributed by atoms with Crippen molar-refractivity contribution in [2.75, 3.05) is 11.9 Å². The number of nitrogens with zero attached hydrogens (tertiary/aromatic N) is 1. The second-order valence-corrected chi connectivity index (χ2v) is 3.30. The van der Waals surface area contributed by atoms with Crippen LogP contribution in [0.25, 0.3) is 0 Å². The summed E-state index contributed by atoms with van der Waals surface area (Å²) in [7, 11) is 0. The van der Waals surface area contributed by atoms with Gasteiger partial charge in [0.2, 0.25) is 0 Å². The Morgan fingerprint density at radius 1 is 1.62 bits per heavy atom. The molecule has 0 saturated heterocycles. The predicted octanol–water partition coefficient (Wildman–Crippen LogP) is 2.92. The molecule has 0 aliphatic rings. The standard InChI is InChI=1S/C10H9BrN2/c1-2-6-13-10-5-3-4-9(11)8(10)7-12/h2-5,13H,1,6H2. The molecule has 0 aliphatic carbocycles. The summed E-state index contributed by atoms with van der Waals surface area (Å²) in [4.78, 5) is 0. The lowest BCUT2D eigenvalue weighted by Gasteiger charge is -2.06. The van der Waals surface area contributed by atoms with Gasteiger partial charge in [-0.15, -0.1) is 6.58 Å². The van der Waals surface area contributed by atoms with E-state index in [0.717, 1.165) is 10.2 Å². The fraction of sp³-hybridized carbons (Fsp3) is 0.100. The normalized spacial score (nSPS) is 8.92. The van der Waals surface area contributed by atoms with Crippen molar-refractivity contribution in [3.8, 4) is 6.07 Å². The van der Waals surface area contributed by atoms with Gasteiger partial charge in [-0.1, -0.05) is 12.1 Å². The Kier molecular flexibility index (Phi) is 3.53. The summed E-state index contributed by atoms with van der Waals surface area (Å²) in [5, 5.41) is 11.9. The predicted molar refractivity (Wildman–Crippen MR) is 57.5 cm³/mol. The molecule has 0 spiro atoms. The minimum atomic E-state index is 0.629. The summed E-state index contributed by atoms with van der Waals surface area (Å²) in [6.45, 7) is 4.25. The Bertz CT molecular complexity index is 352. The number of benzene rings is 1. The van der Waals surface area contributed by atoms with Crippen LogP contribution in [0.3, 0.4) is 0 Å². The SMILES string of the molecule is C=CCNc1cccc(Br)c1C#N. The molecular weight excluding hydrogens is 228 g/mol. The zero-order valence-electron chi connectivity index (χ0n) is 7.05. The van der Waals surface area contributed by atoms with Crippen LogP contribution >= 0.6 is 15.9 Å². The molecule has 2 nitrogen and oxygen atoms in total. The number of hydrogen-bond donors (Lipinski definition) is 1. The van der Waals surface area contributed by atoms with Crippen LogP contribution in [-0.4, -0.2) is 6.54 Å². The second kappa shape index (κ2) is 4.68. The minimum absolute atomic E-state index is 0.629. The highest BCUT2D eigenvalue weighted by molar-refractivity contribution is 9.10. The zero-order valence-corrected chi connectivity index (χ0v) is 8.63. The van der Waals surface area contributed by atoms with Gasteiger partial charge in [0, 0.05) is 11.0 Å². The van der Waals surface area contributed by atoms with E-state index < -0.39 is 0 Å². The molecule has 0 atom stereocenters. The third kappa shape index (κ3) is 2.33. The molecule has 0 bridgehead atoms. The van der Waals surface area contributed by atoms with Gasteiger partial charge >= 0.3 is 0 Å². The maximum Gasteiger partial charge on any atom is 0.103 e. The molecular formula is C10H9BrN2. The maximum atomic E-state index is 8.85. The van der Waals surface area contributed by atoms with E-state index in [0.29, 0.717) is 12.1 Å². The molecule has 66 valence electrons. The zero-order chi connectivity index (χ0) is 9.68.